The maximum absolute atomic E-state index is 11.5. The number of halogens is 1. The van der Waals surface area contributed by atoms with Crippen molar-refractivity contribution in [1.82, 2.24) is 10.6 Å². The first kappa shape index (κ1) is 18.4. The van der Waals surface area contributed by atoms with Gasteiger partial charge in [0.15, 0.2) is 0 Å². The van der Waals surface area contributed by atoms with Crippen molar-refractivity contribution in [3.8, 4) is 0 Å². The molecule has 0 bridgehead atoms. The van der Waals surface area contributed by atoms with Gasteiger partial charge in [0.1, 0.15) is 0 Å². The van der Waals surface area contributed by atoms with E-state index in [9.17, 15) is 9.59 Å². The van der Waals surface area contributed by atoms with Crippen LogP contribution in [-0.2, 0) is 11.3 Å². The first-order valence-electron chi connectivity index (χ1n) is 6.51. The van der Waals surface area contributed by atoms with Gasteiger partial charge in [0.25, 0.3) is 5.91 Å². The van der Waals surface area contributed by atoms with Crippen LogP contribution in [0.5, 0.6) is 0 Å². The topological polar surface area (TPSA) is 84.2 Å². The van der Waals surface area contributed by atoms with Gasteiger partial charge in [-0.15, -0.1) is 12.4 Å². The lowest BCUT2D eigenvalue weighted by Gasteiger charge is -2.06. The maximum Gasteiger partial charge on any atom is 0.251 e. The van der Waals surface area contributed by atoms with E-state index in [0.717, 1.165) is 5.56 Å². The Hall–Kier alpha value is -1.59. The van der Waals surface area contributed by atoms with E-state index in [0.29, 0.717) is 38.0 Å². The van der Waals surface area contributed by atoms with Crippen molar-refractivity contribution < 1.29 is 9.59 Å². The summed E-state index contributed by atoms with van der Waals surface area (Å²) in [6.07, 6.45) is 1.15. The van der Waals surface area contributed by atoms with Gasteiger partial charge in [-0.1, -0.05) is 12.1 Å². The molecule has 0 aliphatic heterocycles. The van der Waals surface area contributed by atoms with Crippen LogP contribution < -0.4 is 16.4 Å². The van der Waals surface area contributed by atoms with Crippen LogP contribution in [0.4, 0.5) is 0 Å². The summed E-state index contributed by atoms with van der Waals surface area (Å²) in [6.45, 7) is 3.48. The number of carbonyl (C=O) groups excluding carboxylic acids is 2. The van der Waals surface area contributed by atoms with E-state index < -0.39 is 0 Å². The standard InChI is InChI=1S/C14H21N3O2.ClH/c1-2-16-14(19)12-7-5-11(6-8-12)10-17-13(18)4-3-9-15;/h5-8H,2-4,9-10,15H2,1H3,(H,16,19)(H,17,18);1H. The Kier molecular flexibility index (Phi) is 9.41. The second-order valence-corrected chi connectivity index (χ2v) is 4.23. The van der Waals surface area contributed by atoms with Crippen molar-refractivity contribution in [2.24, 2.45) is 5.73 Å². The predicted molar refractivity (Wildman–Crippen MR) is 81.8 cm³/mol. The van der Waals surface area contributed by atoms with Crippen molar-refractivity contribution in [3.05, 3.63) is 35.4 Å². The first-order chi connectivity index (χ1) is 9.17. The van der Waals surface area contributed by atoms with Crippen molar-refractivity contribution in [2.75, 3.05) is 13.1 Å². The molecule has 5 nitrogen and oxygen atoms in total. The highest BCUT2D eigenvalue weighted by Gasteiger charge is 2.04. The van der Waals surface area contributed by atoms with Crippen molar-refractivity contribution in [1.29, 1.82) is 0 Å². The average Bonchev–Trinajstić information content (AvgIpc) is 2.43. The molecule has 1 rings (SSSR count). The lowest BCUT2D eigenvalue weighted by atomic mass is 10.1. The number of rotatable bonds is 7. The normalized spacial score (nSPS) is 9.50. The molecular weight excluding hydrogens is 278 g/mol. The third-order valence-electron chi connectivity index (χ3n) is 2.65. The number of nitrogens with one attached hydrogen (secondary N) is 2. The summed E-state index contributed by atoms with van der Waals surface area (Å²) in [6, 6.07) is 7.19. The van der Waals surface area contributed by atoms with Crippen LogP contribution in [0.2, 0.25) is 0 Å². The van der Waals surface area contributed by atoms with E-state index in [1.807, 2.05) is 19.1 Å². The van der Waals surface area contributed by atoms with Crippen LogP contribution >= 0.6 is 12.4 Å². The van der Waals surface area contributed by atoms with Gasteiger partial charge in [0.2, 0.25) is 5.91 Å². The fourth-order valence-electron chi connectivity index (χ4n) is 1.59. The zero-order chi connectivity index (χ0) is 14.1. The number of benzene rings is 1. The molecule has 0 aliphatic rings. The molecule has 0 aromatic heterocycles. The van der Waals surface area contributed by atoms with E-state index >= 15 is 0 Å². The second kappa shape index (κ2) is 10.2. The quantitative estimate of drug-likeness (QED) is 0.707. The summed E-state index contributed by atoms with van der Waals surface area (Å²) in [4.78, 5) is 23.0. The Morgan fingerprint density at radius 3 is 2.35 bits per heavy atom. The Bertz CT molecular complexity index is 421. The van der Waals surface area contributed by atoms with Crippen LogP contribution in [0, 0.1) is 0 Å². The molecule has 0 aliphatic carbocycles. The summed E-state index contributed by atoms with van der Waals surface area (Å²) in [5.74, 6) is -0.0840. The van der Waals surface area contributed by atoms with Crippen LogP contribution in [0.3, 0.4) is 0 Å². The van der Waals surface area contributed by atoms with Crippen molar-refractivity contribution in [2.45, 2.75) is 26.3 Å². The summed E-state index contributed by atoms with van der Waals surface area (Å²) in [5.41, 5.74) is 6.93. The maximum atomic E-state index is 11.5. The molecule has 1 aromatic rings. The number of nitrogens with two attached hydrogens (primary N) is 1. The Balaban J connectivity index is 0.00000361. The number of hydrogen-bond acceptors (Lipinski definition) is 3. The average molecular weight is 300 g/mol. The molecule has 6 heteroatoms. The predicted octanol–water partition coefficient (Wildman–Crippen LogP) is 1.21. The lowest BCUT2D eigenvalue weighted by molar-refractivity contribution is -0.121. The van der Waals surface area contributed by atoms with Gasteiger partial charge in [0, 0.05) is 25.1 Å². The highest BCUT2D eigenvalue weighted by molar-refractivity contribution is 5.94. The van der Waals surface area contributed by atoms with Crippen LogP contribution in [0.1, 0.15) is 35.7 Å². The molecule has 0 heterocycles. The smallest absolute Gasteiger partial charge is 0.251 e. The minimum Gasteiger partial charge on any atom is -0.352 e. The molecular formula is C14H22ClN3O2. The van der Waals surface area contributed by atoms with E-state index in [1.54, 1.807) is 12.1 Å². The van der Waals surface area contributed by atoms with Crippen LogP contribution in [0.15, 0.2) is 24.3 Å². The molecule has 0 saturated heterocycles. The zero-order valence-corrected chi connectivity index (χ0v) is 12.5. The Labute approximate surface area is 125 Å². The van der Waals surface area contributed by atoms with Crippen LogP contribution in [-0.4, -0.2) is 24.9 Å². The molecule has 0 radical (unpaired) electrons. The molecule has 1 aromatic carbocycles. The minimum absolute atomic E-state index is 0. The molecule has 0 unspecified atom stereocenters. The summed E-state index contributed by atoms with van der Waals surface area (Å²) >= 11 is 0. The highest BCUT2D eigenvalue weighted by Crippen LogP contribution is 2.04. The van der Waals surface area contributed by atoms with Gasteiger partial charge in [-0.05, 0) is 37.6 Å². The first-order valence-corrected chi connectivity index (χ1v) is 6.51. The molecule has 4 N–H and O–H groups in total. The molecule has 112 valence electrons. The molecule has 0 atom stereocenters. The number of amides is 2. The SMILES string of the molecule is CCNC(=O)c1ccc(CNC(=O)CCCN)cc1.Cl. The monoisotopic (exact) mass is 299 g/mol. The van der Waals surface area contributed by atoms with Crippen molar-refractivity contribution >= 4 is 24.2 Å². The molecule has 0 fully saturated rings. The Morgan fingerprint density at radius 2 is 1.80 bits per heavy atom. The van der Waals surface area contributed by atoms with E-state index in [-0.39, 0.29) is 24.2 Å². The summed E-state index contributed by atoms with van der Waals surface area (Å²) in [5, 5.41) is 5.55. The molecule has 20 heavy (non-hydrogen) atoms. The van der Waals surface area contributed by atoms with Gasteiger partial charge in [-0.3, -0.25) is 9.59 Å². The fourth-order valence-corrected chi connectivity index (χ4v) is 1.59. The molecule has 2 amide bonds. The summed E-state index contributed by atoms with van der Waals surface area (Å²) < 4.78 is 0. The van der Waals surface area contributed by atoms with Crippen molar-refractivity contribution in [3.63, 3.8) is 0 Å². The van der Waals surface area contributed by atoms with Gasteiger partial charge in [0.05, 0.1) is 0 Å². The van der Waals surface area contributed by atoms with E-state index in [2.05, 4.69) is 10.6 Å². The molecule has 0 spiro atoms. The van der Waals surface area contributed by atoms with Gasteiger partial charge in [-0.2, -0.15) is 0 Å². The van der Waals surface area contributed by atoms with E-state index in [4.69, 9.17) is 5.73 Å². The van der Waals surface area contributed by atoms with Crippen LogP contribution in [0.25, 0.3) is 0 Å². The summed E-state index contributed by atoms with van der Waals surface area (Å²) in [7, 11) is 0. The van der Waals surface area contributed by atoms with Gasteiger partial charge in [-0.25, -0.2) is 0 Å². The largest absolute Gasteiger partial charge is 0.352 e. The lowest BCUT2D eigenvalue weighted by Crippen LogP contribution is -2.24. The number of carbonyl (C=O) groups is 2. The van der Waals surface area contributed by atoms with Gasteiger partial charge < -0.3 is 16.4 Å². The second-order valence-electron chi connectivity index (χ2n) is 4.23. The third kappa shape index (κ3) is 6.54. The van der Waals surface area contributed by atoms with Gasteiger partial charge >= 0.3 is 0 Å². The zero-order valence-electron chi connectivity index (χ0n) is 11.6. The van der Waals surface area contributed by atoms with E-state index in [1.165, 1.54) is 0 Å². The third-order valence-corrected chi connectivity index (χ3v) is 2.65. The Morgan fingerprint density at radius 1 is 1.15 bits per heavy atom. The minimum atomic E-state index is -0.0824. The number of hydrogen-bond donors (Lipinski definition) is 3. The highest BCUT2D eigenvalue weighted by atomic mass is 35.5. The fraction of sp³-hybridized carbons (Fsp3) is 0.429. The molecule has 0 saturated carbocycles.